The van der Waals surface area contributed by atoms with Gasteiger partial charge in [0.2, 0.25) is 5.95 Å². The third-order valence-electron chi connectivity index (χ3n) is 5.22. The summed E-state index contributed by atoms with van der Waals surface area (Å²) in [5.74, 6) is -0.479. The van der Waals surface area contributed by atoms with E-state index in [1.54, 1.807) is 30.5 Å². The van der Waals surface area contributed by atoms with Gasteiger partial charge in [-0.25, -0.2) is 14.8 Å². The summed E-state index contributed by atoms with van der Waals surface area (Å²) in [7, 11) is 0. The molecule has 0 aliphatic carbocycles. The van der Waals surface area contributed by atoms with Gasteiger partial charge >= 0.3 is 30.8 Å². The van der Waals surface area contributed by atoms with Crippen LogP contribution in [0, 0.1) is 12.3 Å². The second-order valence-corrected chi connectivity index (χ2v) is 7.73. The number of fused-ring (bicyclic) bond motifs is 1. The molecule has 0 aliphatic rings. The maximum Gasteiger partial charge on any atom is 1.00 e. The van der Waals surface area contributed by atoms with Crippen molar-refractivity contribution in [3.63, 3.8) is 0 Å². The predicted molar refractivity (Wildman–Crippen MR) is 126 cm³/mol. The van der Waals surface area contributed by atoms with Crippen molar-refractivity contribution in [2.24, 2.45) is 0 Å². The Bertz CT molecular complexity index is 1310. The molecule has 0 saturated carbocycles. The maximum atomic E-state index is 12.5. The summed E-state index contributed by atoms with van der Waals surface area (Å²) in [5.41, 5.74) is 13.8. The van der Waals surface area contributed by atoms with Crippen LogP contribution in [0.1, 0.15) is 46.8 Å². The van der Waals surface area contributed by atoms with Crippen molar-refractivity contribution in [3.8, 4) is 12.3 Å². The molecule has 0 fully saturated rings. The number of hydrogen-bond donors (Lipinski definition) is 5. The molecule has 0 spiro atoms. The number of nitrogen functional groups attached to an aromatic ring is 2. The van der Waals surface area contributed by atoms with Crippen molar-refractivity contribution >= 4 is 40.8 Å². The normalized spacial score (nSPS) is 12.1. The number of amides is 1. The summed E-state index contributed by atoms with van der Waals surface area (Å²) < 4.78 is 0. The summed E-state index contributed by atoms with van der Waals surface area (Å²) >= 11 is 0. The number of nitrogens with two attached hydrogens (primary N) is 2. The van der Waals surface area contributed by atoms with E-state index in [4.69, 9.17) is 23.0 Å². The minimum atomic E-state index is -1.31. The average molecular weight is 484 g/mol. The van der Waals surface area contributed by atoms with Crippen LogP contribution in [-0.2, 0) is 16.0 Å². The van der Waals surface area contributed by atoms with Gasteiger partial charge in [0.05, 0.1) is 11.9 Å². The Morgan fingerprint density at radius 2 is 1.78 bits per heavy atom. The number of nitrogens with zero attached hydrogens (tertiary/aromatic N) is 4. The van der Waals surface area contributed by atoms with Crippen LogP contribution in [-0.4, -0.2) is 54.0 Å². The van der Waals surface area contributed by atoms with Crippen LogP contribution in [0.4, 0.5) is 11.8 Å². The summed E-state index contributed by atoms with van der Waals surface area (Å²) in [6.45, 7) is 0. The number of carbonyl (C=O) groups excluding carboxylic acids is 1. The van der Waals surface area contributed by atoms with E-state index in [9.17, 15) is 19.5 Å². The summed E-state index contributed by atoms with van der Waals surface area (Å²) in [6, 6.07) is 5.22. The molecule has 13 heteroatoms. The van der Waals surface area contributed by atoms with Crippen LogP contribution in [0.2, 0.25) is 0 Å². The smallest absolute Gasteiger partial charge is 0.481 e. The molecule has 7 N–H and O–H groups in total. The Morgan fingerprint density at radius 1 is 1.08 bits per heavy atom. The molecular formula is C23H23LiN7O5+. The standard InChI is InChI=1S/C23H23N7O5.Li/c1-2-3-14(10-15-11-26-20-18(27-15)19(24)29-23(25)30-20)12-4-6-13(7-5-12)21(33)28-16(22(34)35)8-9-17(31)32;/h1,4-7,11,14,16H,3,8-10H2,(H,28,33)(H,31,32)(H,34,35)(H4,24,25,26,29,30);/q;+1. The number of carboxylic acid groups (broad SMARTS) is 2. The fourth-order valence-corrected chi connectivity index (χ4v) is 3.46. The SMILES string of the molecule is C#CCC(Cc1cnc2nc(N)nc(N)c2n1)c1ccc(C(=O)NC(CCC(=O)O)C(=O)O)cc1.[Li+]. The number of carbonyl (C=O) groups is 3. The van der Waals surface area contributed by atoms with Gasteiger partial charge < -0.3 is 27.0 Å². The van der Waals surface area contributed by atoms with E-state index < -0.39 is 23.9 Å². The van der Waals surface area contributed by atoms with Crippen molar-refractivity contribution in [2.45, 2.75) is 37.6 Å². The van der Waals surface area contributed by atoms with Crippen LogP contribution in [0.3, 0.4) is 0 Å². The quantitative estimate of drug-likeness (QED) is 0.157. The van der Waals surface area contributed by atoms with E-state index in [0.29, 0.717) is 24.1 Å². The number of hydrogen-bond acceptors (Lipinski definition) is 9. The number of anilines is 2. The molecular weight excluding hydrogens is 461 g/mol. The molecule has 3 aromatic rings. The third kappa shape index (κ3) is 7.15. The van der Waals surface area contributed by atoms with Gasteiger partial charge in [-0.15, -0.1) is 12.3 Å². The Kier molecular flexibility index (Phi) is 9.73. The number of terminal acetylenes is 1. The van der Waals surface area contributed by atoms with Gasteiger partial charge in [0, 0.05) is 24.3 Å². The second-order valence-electron chi connectivity index (χ2n) is 7.73. The topological polar surface area (TPSA) is 207 Å². The monoisotopic (exact) mass is 484 g/mol. The zero-order chi connectivity index (χ0) is 25.5. The van der Waals surface area contributed by atoms with Crippen LogP contribution in [0.25, 0.3) is 11.2 Å². The summed E-state index contributed by atoms with van der Waals surface area (Å²) in [5, 5.41) is 20.3. The predicted octanol–water partition coefficient (Wildman–Crippen LogP) is -2.01. The van der Waals surface area contributed by atoms with Gasteiger partial charge in [-0.2, -0.15) is 9.97 Å². The average Bonchev–Trinajstić information content (AvgIpc) is 2.81. The fourth-order valence-electron chi connectivity index (χ4n) is 3.46. The Balaban J connectivity index is 0.00000456. The first-order valence-corrected chi connectivity index (χ1v) is 10.5. The molecule has 1 aromatic carbocycles. The molecule has 12 nitrogen and oxygen atoms in total. The van der Waals surface area contributed by atoms with Crippen LogP contribution < -0.4 is 35.6 Å². The van der Waals surface area contributed by atoms with Crippen molar-refractivity contribution in [1.29, 1.82) is 0 Å². The van der Waals surface area contributed by atoms with Crippen molar-refractivity contribution in [2.75, 3.05) is 11.5 Å². The van der Waals surface area contributed by atoms with E-state index in [1.165, 1.54) is 0 Å². The van der Waals surface area contributed by atoms with Crippen molar-refractivity contribution in [3.05, 3.63) is 47.3 Å². The Labute approximate surface area is 218 Å². The molecule has 2 unspecified atom stereocenters. The van der Waals surface area contributed by atoms with Crippen molar-refractivity contribution in [1.82, 2.24) is 25.3 Å². The number of aromatic nitrogens is 4. The molecule has 36 heavy (non-hydrogen) atoms. The van der Waals surface area contributed by atoms with E-state index in [1.807, 2.05) is 0 Å². The van der Waals surface area contributed by atoms with E-state index >= 15 is 0 Å². The first-order chi connectivity index (χ1) is 16.7. The van der Waals surface area contributed by atoms with E-state index in [2.05, 4.69) is 31.2 Å². The molecule has 2 heterocycles. The van der Waals surface area contributed by atoms with Gasteiger partial charge in [0.1, 0.15) is 6.04 Å². The number of nitrogens with one attached hydrogen (secondary N) is 1. The van der Waals surface area contributed by atoms with Gasteiger partial charge in [-0.3, -0.25) is 9.59 Å². The zero-order valence-electron chi connectivity index (χ0n) is 19.5. The number of rotatable bonds is 10. The maximum absolute atomic E-state index is 12.5. The molecule has 0 bridgehead atoms. The van der Waals surface area contributed by atoms with E-state index in [-0.39, 0.29) is 60.6 Å². The molecule has 0 saturated heterocycles. The molecule has 1 amide bonds. The molecule has 0 radical (unpaired) electrons. The van der Waals surface area contributed by atoms with Crippen LogP contribution in [0.5, 0.6) is 0 Å². The minimum absolute atomic E-state index is 0. The Morgan fingerprint density at radius 3 is 2.39 bits per heavy atom. The van der Waals surface area contributed by atoms with Gasteiger partial charge in [-0.1, -0.05) is 12.1 Å². The molecule has 2 aromatic heterocycles. The number of aliphatic carboxylic acids is 2. The third-order valence-corrected chi connectivity index (χ3v) is 5.22. The summed E-state index contributed by atoms with van der Waals surface area (Å²) in [6.07, 6.45) is 7.32. The number of benzene rings is 1. The largest absolute Gasteiger partial charge is 1.00 e. The number of carboxylic acids is 2. The van der Waals surface area contributed by atoms with Crippen molar-refractivity contribution < 1.29 is 43.5 Å². The van der Waals surface area contributed by atoms with Gasteiger partial charge in [0.25, 0.3) is 5.91 Å². The first kappa shape index (κ1) is 28.0. The minimum Gasteiger partial charge on any atom is -0.481 e. The van der Waals surface area contributed by atoms with Crippen LogP contribution >= 0.6 is 0 Å². The molecule has 180 valence electrons. The fraction of sp³-hybridized carbons (Fsp3) is 0.261. The molecule has 0 aliphatic heterocycles. The summed E-state index contributed by atoms with van der Waals surface area (Å²) in [4.78, 5) is 51.2. The van der Waals surface area contributed by atoms with Gasteiger partial charge in [-0.05, 0) is 30.5 Å². The van der Waals surface area contributed by atoms with Gasteiger partial charge in [0.15, 0.2) is 17.0 Å². The van der Waals surface area contributed by atoms with Crippen LogP contribution in [0.15, 0.2) is 30.5 Å². The zero-order valence-corrected chi connectivity index (χ0v) is 19.5. The van der Waals surface area contributed by atoms with E-state index in [0.717, 1.165) is 5.56 Å². The Hall–Kier alpha value is -4.19. The molecule has 2 atom stereocenters. The first-order valence-electron chi connectivity index (χ1n) is 10.5. The molecule has 3 rings (SSSR count). The second kappa shape index (κ2) is 12.5.